The van der Waals surface area contributed by atoms with Gasteiger partial charge < -0.3 is 20.4 Å². The zero-order valence-electron chi connectivity index (χ0n) is 16.3. The fourth-order valence-electron chi connectivity index (χ4n) is 3.05. The quantitative estimate of drug-likeness (QED) is 0.796. The van der Waals surface area contributed by atoms with Crippen LogP contribution in [0.5, 0.6) is 0 Å². The molecular weight excluding hydrogens is 399 g/mol. The lowest BCUT2D eigenvalue weighted by atomic mass is 10.2. The van der Waals surface area contributed by atoms with E-state index in [9.17, 15) is 22.8 Å². The van der Waals surface area contributed by atoms with Gasteiger partial charge in [0.1, 0.15) is 11.9 Å². The highest BCUT2D eigenvalue weighted by molar-refractivity contribution is 5.96. The molecule has 2 aromatic rings. The highest BCUT2D eigenvalue weighted by Gasteiger charge is 2.31. The molecule has 10 heteroatoms. The van der Waals surface area contributed by atoms with Crippen molar-refractivity contribution < 1.29 is 22.8 Å². The van der Waals surface area contributed by atoms with Crippen LogP contribution in [0.15, 0.2) is 48.7 Å². The molecule has 3 amide bonds. The van der Waals surface area contributed by atoms with Crippen LogP contribution in [0, 0.1) is 0 Å². The standard InChI is InChI=1S/C20H22F3N5O2/c1-14(18(29)26-16-6-4-5-15(13-16)20(21,22)23)25-19(30)28-11-9-27(10-12-28)17-7-2-3-8-24-17/h2-8,13-14H,9-12H2,1H3,(H,25,30)(H,26,29). The first-order chi connectivity index (χ1) is 14.2. The smallest absolute Gasteiger partial charge is 0.353 e. The number of pyridine rings is 1. The summed E-state index contributed by atoms with van der Waals surface area (Å²) in [5.41, 5.74) is -0.845. The topological polar surface area (TPSA) is 77.6 Å². The van der Waals surface area contributed by atoms with Gasteiger partial charge in [-0.15, -0.1) is 0 Å². The second-order valence-corrected chi connectivity index (χ2v) is 6.90. The van der Waals surface area contributed by atoms with E-state index in [0.717, 1.165) is 18.0 Å². The van der Waals surface area contributed by atoms with Gasteiger partial charge in [0, 0.05) is 38.1 Å². The summed E-state index contributed by atoms with van der Waals surface area (Å²) in [6.07, 6.45) is -2.79. The van der Waals surface area contributed by atoms with Crippen LogP contribution in [-0.4, -0.2) is 54.0 Å². The number of anilines is 2. The molecule has 2 heterocycles. The minimum absolute atomic E-state index is 0.0138. The van der Waals surface area contributed by atoms with Crippen LogP contribution in [0.25, 0.3) is 0 Å². The first-order valence-corrected chi connectivity index (χ1v) is 9.43. The molecule has 1 fully saturated rings. The third-order valence-electron chi connectivity index (χ3n) is 4.73. The number of hydrogen-bond acceptors (Lipinski definition) is 4. The second kappa shape index (κ2) is 9.02. The van der Waals surface area contributed by atoms with Crippen molar-refractivity contribution in [3.8, 4) is 0 Å². The largest absolute Gasteiger partial charge is 0.416 e. The van der Waals surface area contributed by atoms with E-state index in [4.69, 9.17) is 0 Å². The molecular formula is C20H22F3N5O2. The number of carbonyl (C=O) groups is 2. The average molecular weight is 421 g/mol. The molecule has 1 saturated heterocycles. The molecule has 1 aliphatic heterocycles. The van der Waals surface area contributed by atoms with E-state index in [1.54, 1.807) is 11.1 Å². The maximum absolute atomic E-state index is 12.8. The van der Waals surface area contributed by atoms with Crippen molar-refractivity contribution >= 4 is 23.4 Å². The molecule has 2 N–H and O–H groups in total. The SMILES string of the molecule is CC(NC(=O)N1CCN(c2ccccn2)CC1)C(=O)Nc1cccc(C(F)(F)F)c1. The minimum Gasteiger partial charge on any atom is -0.353 e. The molecule has 1 aromatic heterocycles. The third-order valence-corrected chi connectivity index (χ3v) is 4.73. The van der Waals surface area contributed by atoms with Crippen molar-refractivity contribution in [2.45, 2.75) is 19.1 Å². The van der Waals surface area contributed by atoms with Crippen molar-refractivity contribution in [3.05, 3.63) is 54.2 Å². The molecule has 1 aliphatic rings. The Morgan fingerprint density at radius 2 is 1.80 bits per heavy atom. The molecule has 1 aromatic carbocycles. The van der Waals surface area contributed by atoms with Gasteiger partial charge in [-0.25, -0.2) is 9.78 Å². The lowest BCUT2D eigenvalue weighted by Crippen LogP contribution is -2.54. The molecule has 0 aliphatic carbocycles. The van der Waals surface area contributed by atoms with Gasteiger partial charge in [-0.05, 0) is 37.3 Å². The number of alkyl halides is 3. The number of urea groups is 1. The molecule has 1 atom stereocenters. The van der Waals surface area contributed by atoms with Crippen molar-refractivity contribution in [1.82, 2.24) is 15.2 Å². The van der Waals surface area contributed by atoms with Crippen LogP contribution >= 0.6 is 0 Å². The Kier molecular flexibility index (Phi) is 6.43. The fourth-order valence-corrected chi connectivity index (χ4v) is 3.05. The van der Waals surface area contributed by atoms with Crippen LogP contribution in [0.1, 0.15) is 12.5 Å². The average Bonchev–Trinajstić information content (AvgIpc) is 2.74. The summed E-state index contributed by atoms with van der Waals surface area (Å²) in [6, 6.07) is 8.65. The maximum Gasteiger partial charge on any atom is 0.416 e. The zero-order valence-corrected chi connectivity index (χ0v) is 16.3. The number of carbonyl (C=O) groups excluding carboxylic acids is 2. The van der Waals surface area contributed by atoms with Gasteiger partial charge in [-0.1, -0.05) is 12.1 Å². The third kappa shape index (κ3) is 5.40. The lowest BCUT2D eigenvalue weighted by molar-refractivity contribution is -0.137. The normalized spacial score (nSPS) is 15.5. The predicted octanol–water partition coefficient (Wildman–Crippen LogP) is 2.96. The number of amides is 3. The number of rotatable bonds is 4. The monoisotopic (exact) mass is 421 g/mol. The Bertz CT molecular complexity index is 884. The molecule has 0 saturated carbocycles. The Balaban J connectivity index is 1.50. The van der Waals surface area contributed by atoms with E-state index in [1.807, 2.05) is 18.2 Å². The minimum atomic E-state index is -4.50. The van der Waals surface area contributed by atoms with Crippen molar-refractivity contribution in [3.63, 3.8) is 0 Å². The van der Waals surface area contributed by atoms with Crippen molar-refractivity contribution in [1.29, 1.82) is 0 Å². The highest BCUT2D eigenvalue weighted by Crippen LogP contribution is 2.30. The summed E-state index contributed by atoms with van der Waals surface area (Å²) in [4.78, 5) is 32.7. The van der Waals surface area contributed by atoms with E-state index in [0.29, 0.717) is 26.2 Å². The van der Waals surface area contributed by atoms with E-state index >= 15 is 0 Å². The Morgan fingerprint density at radius 1 is 1.07 bits per heavy atom. The van der Waals surface area contributed by atoms with Crippen LogP contribution in [0.3, 0.4) is 0 Å². The number of benzene rings is 1. The molecule has 0 spiro atoms. The molecule has 160 valence electrons. The summed E-state index contributed by atoms with van der Waals surface area (Å²) in [5.74, 6) is 0.237. The zero-order chi connectivity index (χ0) is 21.7. The number of nitrogens with zero attached hydrogens (tertiary/aromatic N) is 3. The predicted molar refractivity (Wildman–Crippen MR) is 106 cm³/mol. The van der Waals surface area contributed by atoms with Crippen molar-refractivity contribution in [2.24, 2.45) is 0 Å². The number of halogens is 3. The Labute approximate surface area is 171 Å². The molecule has 0 radical (unpaired) electrons. The van der Waals surface area contributed by atoms with Gasteiger partial charge in [0.2, 0.25) is 5.91 Å². The van der Waals surface area contributed by atoms with Crippen LogP contribution < -0.4 is 15.5 Å². The Hall–Kier alpha value is -3.30. The number of aromatic nitrogens is 1. The van der Waals surface area contributed by atoms with Crippen LogP contribution in [0.4, 0.5) is 29.5 Å². The first-order valence-electron chi connectivity index (χ1n) is 9.43. The summed E-state index contributed by atoms with van der Waals surface area (Å²) in [6.45, 7) is 3.62. The highest BCUT2D eigenvalue weighted by atomic mass is 19.4. The Morgan fingerprint density at radius 3 is 2.43 bits per heavy atom. The summed E-state index contributed by atoms with van der Waals surface area (Å²) < 4.78 is 38.4. The molecule has 0 bridgehead atoms. The van der Waals surface area contributed by atoms with E-state index in [-0.39, 0.29) is 5.69 Å². The number of hydrogen-bond donors (Lipinski definition) is 2. The number of nitrogens with one attached hydrogen (secondary N) is 2. The summed E-state index contributed by atoms with van der Waals surface area (Å²) >= 11 is 0. The maximum atomic E-state index is 12.8. The van der Waals surface area contributed by atoms with Crippen molar-refractivity contribution in [2.75, 3.05) is 36.4 Å². The summed E-state index contributed by atoms with van der Waals surface area (Å²) in [7, 11) is 0. The van der Waals surface area contributed by atoms with Gasteiger partial charge in [0.05, 0.1) is 5.56 Å². The summed E-state index contributed by atoms with van der Waals surface area (Å²) in [5, 5.41) is 4.99. The van der Waals surface area contributed by atoms with E-state index in [2.05, 4.69) is 20.5 Å². The lowest BCUT2D eigenvalue weighted by Gasteiger charge is -2.35. The van der Waals surface area contributed by atoms with Crippen LogP contribution in [0.2, 0.25) is 0 Å². The van der Waals surface area contributed by atoms with Gasteiger partial charge >= 0.3 is 12.2 Å². The van der Waals surface area contributed by atoms with E-state index < -0.39 is 29.7 Å². The molecule has 1 unspecified atom stereocenters. The van der Waals surface area contributed by atoms with Gasteiger partial charge in [-0.2, -0.15) is 13.2 Å². The van der Waals surface area contributed by atoms with Gasteiger partial charge in [-0.3, -0.25) is 4.79 Å². The first kappa shape index (κ1) is 21.4. The van der Waals surface area contributed by atoms with Crippen LogP contribution in [-0.2, 0) is 11.0 Å². The van der Waals surface area contributed by atoms with Gasteiger partial charge in [0.15, 0.2) is 0 Å². The molecule has 7 nitrogen and oxygen atoms in total. The molecule has 3 rings (SSSR count). The van der Waals surface area contributed by atoms with E-state index in [1.165, 1.54) is 19.1 Å². The molecule has 30 heavy (non-hydrogen) atoms. The second-order valence-electron chi connectivity index (χ2n) is 6.90. The van der Waals surface area contributed by atoms with Gasteiger partial charge in [0.25, 0.3) is 0 Å². The fraction of sp³-hybridized carbons (Fsp3) is 0.350. The number of piperazine rings is 1.